The molecule has 4 rings (SSSR count). The van der Waals surface area contributed by atoms with Crippen molar-refractivity contribution in [2.75, 3.05) is 12.3 Å². The molecule has 1 aromatic carbocycles. The zero-order chi connectivity index (χ0) is 19.5. The number of hydrogen-bond acceptors (Lipinski definition) is 4. The molecule has 1 aliphatic heterocycles. The van der Waals surface area contributed by atoms with Crippen LogP contribution in [0, 0.1) is 6.92 Å². The van der Waals surface area contributed by atoms with Crippen LogP contribution in [0.25, 0.3) is 22.4 Å². The fraction of sp³-hybridized carbons (Fsp3) is 0.409. The summed E-state index contributed by atoms with van der Waals surface area (Å²) in [4.78, 5) is 27.5. The molecule has 0 spiro atoms. The van der Waals surface area contributed by atoms with Crippen molar-refractivity contribution in [3.05, 3.63) is 42.1 Å². The Morgan fingerprint density at radius 3 is 3.07 bits per heavy atom. The SMILES string of the molecule is CC[C@H]1CCCCN1C(=O)CSc1ncccc1-c1nc2ccc(C)cc2[nH]1. The molecule has 1 amide bonds. The number of fused-ring (bicyclic) bond motifs is 1. The number of amides is 1. The van der Waals surface area contributed by atoms with Gasteiger partial charge < -0.3 is 9.88 Å². The van der Waals surface area contributed by atoms with Crippen LogP contribution in [0.2, 0.25) is 0 Å². The lowest BCUT2D eigenvalue weighted by molar-refractivity contribution is -0.132. The predicted octanol–water partition coefficient (Wildman–Crippen LogP) is 4.82. The Balaban J connectivity index is 1.53. The molecule has 1 atom stereocenters. The van der Waals surface area contributed by atoms with Crippen molar-refractivity contribution in [2.24, 2.45) is 0 Å². The highest BCUT2D eigenvalue weighted by molar-refractivity contribution is 8.00. The molecule has 2 aromatic heterocycles. The molecule has 1 fully saturated rings. The summed E-state index contributed by atoms with van der Waals surface area (Å²) < 4.78 is 0. The second kappa shape index (κ2) is 8.35. The number of carbonyl (C=O) groups is 1. The number of hydrogen-bond donors (Lipinski definition) is 1. The van der Waals surface area contributed by atoms with Crippen molar-refractivity contribution in [1.82, 2.24) is 19.9 Å². The lowest BCUT2D eigenvalue weighted by Gasteiger charge is -2.35. The van der Waals surface area contributed by atoms with Crippen LogP contribution in [0.3, 0.4) is 0 Å². The van der Waals surface area contributed by atoms with E-state index in [0.29, 0.717) is 11.8 Å². The maximum absolute atomic E-state index is 12.8. The number of carbonyl (C=O) groups excluding carboxylic acids is 1. The van der Waals surface area contributed by atoms with Gasteiger partial charge in [0.15, 0.2) is 0 Å². The molecule has 3 aromatic rings. The van der Waals surface area contributed by atoms with Gasteiger partial charge >= 0.3 is 0 Å². The van der Waals surface area contributed by atoms with Crippen LogP contribution in [-0.2, 0) is 4.79 Å². The first kappa shape index (κ1) is 19.0. The maximum atomic E-state index is 12.8. The van der Waals surface area contributed by atoms with Gasteiger partial charge in [-0.2, -0.15) is 0 Å². The number of thioether (sulfide) groups is 1. The summed E-state index contributed by atoms with van der Waals surface area (Å²) in [7, 11) is 0. The van der Waals surface area contributed by atoms with Gasteiger partial charge in [0.1, 0.15) is 10.9 Å². The third kappa shape index (κ3) is 3.92. The summed E-state index contributed by atoms with van der Waals surface area (Å²) in [6.07, 6.45) is 6.27. The largest absolute Gasteiger partial charge is 0.339 e. The molecule has 0 bridgehead atoms. The number of benzene rings is 1. The van der Waals surface area contributed by atoms with E-state index in [0.717, 1.165) is 53.3 Å². The van der Waals surface area contributed by atoms with Crippen LogP contribution in [0.5, 0.6) is 0 Å². The van der Waals surface area contributed by atoms with E-state index in [9.17, 15) is 4.79 Å². The fourth-order valence-corrected chi connectivity index (χ4v) is 4.79. The zero-order valence-electron chi connectivity index (χ0n) is 16.4. The summed E-state index contributed by atoms with van der Waals surface area (Å²) >= 11 is 1.51. The van der Waals surface area contributed by atoms with Crippen molar-refractivity contribution < 1.29 is 4.79 Å². The normalized spacial score (nSPS) is 17.2. The molecule has 28 heavy (non-hydrogen) atoms. The minimum atomic E-state index is 0.216. The number of nitrogens with one attached hydrogen (secondary N) is 1. The molecule has 1 N–H and O–H groups in total. The van der Waals surface area contributed by atoms with Crippen molar-refractivity contribution in [3.8, 4) is 11.4 Å². The first-order chi connectivity index (χ1) is 13.7. The molecule has 6 heteroatoms. The highest BCUT2D eigenvalue weighted by atomic mass is 32.2. The number of rotatable bonds is 5. The van der Waals surface area contributed by atoms with E-state index in [1.54, 1.807) is 6.20 Å². The van der Waals surface area contributed by atoms with Crippen LogP contribution in [-0.4, -0.2) is 44.1 Å². The molecule has 1 saturated heterocycles. The minimum Gasteiger partial charge on any atom is -0.339 e. The molecule has 0 unspecified atom stereocenters. The van der Waals surface area contributed by atoms with E-state index in [-0.39, 0.29) is 5.91 Å². The Bertz CT molecular complexity index is 984. The van der Waals surface area contributed by atoms with Crippen LogP contribution in [0.15, 0.2) is 41.6 Å². The van der Waals surface area contributed by atoms with Gasteiger partial charge in [0.25, 0.3) is 0 Å². The Labute approximate surface area is 170 Å². The number of pyridine rings is 1. The quantitative estimate of drug-likeness (QED) is 0.631. The van der Waals surface area contributed by atoms with Crippen molar-refractivity contribution >= 4 is 28.7 Å². The summed E-state index contributed by atoms with van der Waals surface area (Å²) in [5, 5.41) is 0.844. The van der Waals surface area contributed by atoms with E-state index >= 15 is 0 Å². The Hall–Kier alpha value is -2.34. The molecule has 3 heterocycles. The zero-order valence-corrected chi connectivity index (χ0v) is 17.3. The minimum absolute atomic E-state index is 0.216. The van der Waals surface area contributed by atoms with Crippen LogP contribution in [0.4, 0.5) is 0 Å². The van der Waals surface area contributed by atoms with E-state index in [4.69, 9.17) is 4.98 Å². The first-order valence-electron chi connectivity index (χ1n) is 9.99. The summed E-state index contributed by atoms with van der Waals surface area (Å²) in [5.41, 5.74) is 4.10. The van der Waals surface area contributed by atoms with Gasteiger partial charge in [-0.15, -0.1) is 0 Å². The lowest BCUT2D eigenvalue weighted by Crippen LogP contribution is -2.44. The van der Waals surface area contributed by atoms with Crippen molar-refractivity contribution in [2.45, 2.75) is 50.6 Å². The summed E-state index contributed by atoms with van der Waals surface area (Å²) in [6.45, 7) is 5.13. The second-order valence-electron chi connectivity index (χ2n) is 7.40. The van der Waals surface area contributed by atoms with Crippen LogP contribution >= 0.6 is 11.8 Å². The van der Waals surface area contributed by atoms with Crippen molar-refractivity contribution in [1.29, 1.82) is 0 Å². The Morgan fingerprint density at radius 1 is 1.32 bits per heavy atom. The topological polar surface area (TPSA) is 61.9 Å². The number of aryl methyl sites for hydroxylation is 1. The third-order valence-corrected chi connectivity index (χ3v) is 6.40. The molecule has 0 radical (unpaired) electrons. The van der Waals surface area contributed by atoms with Gasteiger partial charge in [-0.1, -0.05) is 24.8 Å². The number of H-pyrrole nitrogens is 1. The number of imidazole rings is 1. The fourth-order valence-electron chi connectivity index (χ4n) is 3.90. The van der Waals surface area contributed by atoms with Crippen LogP contribution < -0.4 is 0 Å². The molecular formula is C22H26N4OS. The summed E-state index contributed by atoms with van der Waals surface area (Å²) in [5.74, 6) is 1.43. The van der Waals surface area contributed by atoms with E-state index in [2.05, 4.69) is 40.8 Å². The molecule has 0 saturated carbocycles. The molecule has 5 nitrogen and oxygen atoms in total. The third-order valence-electron chi connectivity index (χ3n) is 5.41. The second-order valence-corrected chi connectivity index (χ2v) is 8.36. The highest BCUT2D eigenvalue weighted by Gasteiger charge is 2.25. The molecule has 0 aliphatic carbocycles. The van der Waals surface area contributed by atoms with Gasteiger partial charge in [-0.25, -0.2) is 9.97 Å². The number of aromatic amines is 1. The van der Waals surface area contributed by atoms with E-state index < -0.39 is 0 Å². The number of aromatic nitrogens is 3. The highest BCUT2D eigenvalue weighted by Crippen LogP contribution is 2.30. The van der Waals surface area contributed by atoms with Crippen molar-refractivity contribution in [3.63, 3.8) is 0 Å². The maximum Gasteiger partial charge on any atom is 0.233 e. The van der Waals surface area contributed by atoms with E-state index in [1.807, 2.05) is 18.2 Å². The molecule has 146 valence electrons. The van der Waals surface area contributed by atoms with Gasteiger partial charge in [0.05, 0.1) is 16.8 Å². The van der Waals surface area contributed by atoms with E-state index in [1.165, 1.54) is 23.7 Å². The van der Waals surface area contributed by atoms with Crippen LogP contribution in [0.1, 0.15) is 38.2 Å². The average molecular weight is 395 g/mol. The predicted molar refractivity (Wildman–Crippen MR) is 114 cm³/mol. The Kier molecular flexibility index (Phi) is 5.67. The smallest absolute Gasteiger partial charge is 0.233 e. The summed E-state index contributed by atoms with van der Waals surface area (Å²) in [6, 6.07) is 10.5. The van der Waals surface area contributed by atoms with Gasteiger partial charge in [0.2, 0.25) is 5.91 Å². The number of nitrogens with zero attached hydrogens (tertiary/aromatic N) is 3. The molecular weight excluding hydrogens is 368 g/mol. The standard InChI is InChI=1S/C22H26N4OS/c1-3-16-7-4-5-12-26(16)20(27)14-28-22-17(8-6-11-23-22)21-24-18-10-9-15(2)13-19(18)25-21/h6,8-11,13,16H,3-5,7,12,14H2,1-2H3,(H,24,25)/t16-/m0/s1. The van der Waals surface area contributed by atoms with Gasteiger partial charge in [-0.05, 0) is 62.4 Å². The Morgan fingerprint density at radius 2 is 2.21 bits per heavy atom. The van der Waals surface area contributed by atoms with Gasteiger partial charge in [-0.3, -0.25) is 4.79 Å². The lowest BCUT2D eigenvalue weighted by atomic mass is 10.0. The average Bonchev–Trinajstić information content (AvgIpc) is 3.15. The number of piperidine rings is 1. The first-order valence-corrected chi connectivity index (χ1v) is 11.0. The number of likely N-dealkylation sites (tertiary alicyclic amines) is 1. The van der Waals surface area contributed by atoms with Gasteiger partial charge in [0, 0.05) is 24.3 Å². The monoisotopic (exact) mass is 394 g/mol. The molecule has 1 aliphatic rings.